The minimum absolute atomic E-state index is 0.296. The molecule has 0 unspecified atom stereocenters. The zero-order chi connectivity index (χ0) is 17.2. The molecule has 2 heterocycles. The molecule has 2 aromatic rings. The van der Waals surface area contributed by atoms with E-state index in [-0.39, 0.29) is 6.54 Å². The summed E-state index contributed by atoms with van der Waals surface area (Å²) < 4.78 is 2.39. The summed E-state index contributed by atoms with van der Waals surface area (Å²) >= 11 is 0. The summed E-state index contributed by atoms with van der Waals surface area (Å²) in [5.74, 6) is -1.52. The number of pyridine rings is 1. The second-order valence-corrected chi connectivity index (χ2v) is 6.22. The van der Waals surface area contributed by atoms with Crippen molar-refractivity contribution in [2.24, 2.45) is 0 Å². The van der Waals surface area contributed by atoms with Crippen molar-refractivity contribution < 1.29 is 14.7 Å². The van der Waals surface area contributed by atoms with E-state index in [1.165, 1.54) is 4.40 Å². The number of fused-ring (bicyclic) bond motifs is 1. The predicted octanol–water partition coefficient (Wildman–Crippen LogP) is 0.790. The van der Waals surface area contributed by atoms with Crippen LogP contribution in [-0.4, -0.2) is 36.7 Å². The van der Waals surface area contributed by atoms with Gasteiger partial charge in [-0.15, -0.1) is 5.10 Å². The third kappa shape index (κ3) is 3.04. The molecule has 0 bridgehead atoms. The standard InChI is InChI=1S/C16H20N4O4/c21-13(17-16(14(22)23)8-4-1-2-5-9-16)11-20-15(24)19-10-6-3-7-12(19)18-20/h3,6-7,10H,1-2,4-5,8-9,11H2,(H,17,21)(H,22,23). The lowest BCUT2D eigenvalue weighted by Gasteiger charge is -2.29. The minimum Gasteiger partial charge on any atom is -0.480 e. The first-order valence-corrected chi connectivity index (χ1v) is 8.10. The number of aromatic nitrogens is 3. The van der Waals surface area contributed by atoms with E-state index in [0.29, 0.717) is 18.5 Å². The second kappa shape index (κ2) is 6.46. The highest BCUT2D eigenvalue weighted by Gasteiger charge is 2.40. The maximum absolute atomic E-state index is 12.3. The molecule has 0 atom stereocenters. The van der Waals surface area contributed by atoms with Crippen molar-refractivity contribution in [3.05, 3.63) is 34.9 Å². The lowest BCUT2D eigenvalue weighted by molar-refractivity contribution is -0.148. The van der Waals surface area contributed by atoms with Crippen LogP contribution >= 0.6 is 0 Å². The molecular weight excluding hydrogens is 312 g/mol. The summed E-state index contributed by atoms with van der Waals surface area (Å²) in [4.78, 5) is 36.3. The first-order valence-electron chi connectivity index (χ1n) is 8.10. The van der Waals surface area contributed by atoms with Crippen LogP contribution in [-0.2, 0) is 16.1 Å². The Balaban J connectivity index is 1.79. The summed E-state index contributed by atoms with van der Waals surface area (Å²) in [6.07, 6.45) is 5.86. The highest BCUT2D eigenvalue weighted by atomic mass is 16.4. The molecule has 24 heavy (non-hydrogen) atoms. The van der Waals surface area contributed by atoms with Gasteiger partial charge < -0.3 is 10.4 Å². The van der Waals surface area contributed by atoms with Crippen LogP contribution in [0.5, 0.6) is 0 Å². The molecule has 1 fully saturated rings. The average Bonchev–Trinajstić information content (AvgIpc) is 2.74. The Morgan fingerprint density at radius 3 is 2.54 bits per heavy atom. The maximum atomic E-state index is 12.3. The van der Waals surface area contributed by atoms with E-state index < -0.39 is 23.1 Å². The molecule has 0 radical (unpaired) electrons. The molecule has 1 amide bonds. The van der Waals surface area contributed by atoms with E-state index in [9.17, 15) is 19.5 Å². The second-order valence-electron chi connectivity index (χ2n) is 6.22. The van der Waals surface area contributed by atoms with Crippen LogP contribution in [0.1, 0.15) is 38.5 Å². The van der Waals surface area contributed by atoms with Crippen molar-refractivity contribution in [3.8, 4) is 0 Å². The highest BCUT2D eigenvalue weighted by molar-refractivity contribution is 5.86. The van der Waals surface area contributed by atoms with Crippen LogP contribution in [0, 0.1) is 0 Å². The average molecular weight is 332 g/mol. The molecule has 0 saturated heterocycles. The number of nitrogens with one attached hydrogen (secondary N) is 1. The molecule has 1 saturated carbocycles. The normalized spacial score (nSPS) is 17.3. The van der Waals surface area contributed by atoms with Gasteiger partial charge in [0.15, 0.2) is 5.65 Å². The van der Waals surface area contributed by atoms with Crippen molar-refractivity contribution in [2.45, 2.75) is 50.6 Å². The zero-order valence-corrected chi connectivity index (χ0v) is 13.3. The van der Waals surface area contributed by atoms with E-state index in [1.807, 2.05) is 0 Å². The lowest BCUT2D eigenvalue weighted by Crippen LogP contribution is -2.55. The summed E-state index contributed by atoms with van der Waals surface area (Å²) in [5, 5.41) is 16.3. The van der Waals surface area contributed by atoms with Gasteiger partial charge in [0.05, 0.1) is 0 Å². The number of hydrogen-bond donors (Lipinski definition) is 2. The number of nitrogens with zero attached hydrogens (tertiary/aromatic N) is 3. The monoisotopic (exact) mass is 332 g/mol. The molecule has 128 valence electrons. The molecule has 1 aliphatic rings. The number of amides is 1. The van der Waals surface area contributed by atoms with E-state index in [4.69, 9.17) is 0 Å². The van der Waals surface area contributed by atoms with E-state index in [0.717, 1.165) is 30.4 Å². The Morgan fingerprint density at radius 2 is 1.92 bits per heavy atom. The summed E-state index contributed by atoms with van der Waals surface area (Å²) in [6.45, 7) is -0.296. The minimum atomic E-state index is -1.24. The van der Waals surface area contributed by atoms with E-state index in [1.54, 1.807) is 24.4 Å². The molecule has 0 aliphatic heterocycles. The number of hydrogen-bond acceptors (Lipinski definition) is 4. The molecule has 0 spiro atoms. The van der Waals surface area contributed by atoms with Gasteiger partial charge >= 0.3 is 11.7 Å². The fraction of sp³-hybridized carbons (Fsp3) is 0.500. The van der Waals surface area contributed by atoms with Crippen LogP contribution < -0.4 is 11.0 Å². The van der Waals surface area contributed by atoms with Crippen molar-refractivity contribution >= 4 is 17.5 Å². The van der Waals surface area contributed by atoms with E-state index >= 15 is 0 Å². The fourth-order valence-electron chi connectivity index (χ4n) is 3.24. The number of aliphatic carboxylic acids is 1. The van der Waals surface area contributed by atoms with Crippen LogP contribution in [0.3, 0.4) is 0 Å². The molecule has 8 nitrogen and oxygen atoms in total. The first-order chi connectivity index (χ1) is 11.5. The molecule has 8 heteroatoms. The number of carbonyl (C=O) groups is 2. The largest absolute Gasteiger partial charge is 0.480 e. The van der Waals surface area contributed by atoms with Gasteiger partial charge in [-0.05, 0) is 25.0 Å². The van der Waals surface area contributed by atoms with Gasteiger partial charge in [-0.1, -0.05) is 31.7 Å². The molecule has 3 rings (SSSR count). The molecular formula is C16H20N4O4. The fourth-order valence-corrected chi connectivity index (χ4v) is 3.24. The number of rotatable bonds is 4. The zero-order valence-electron chi connectivity index (χ0n) is 13.3. The Labute approximate surface area is 138 Å². The van der Waals surface area contributed by atoms with Crippen molar-refractivity contribution in [1.82, 2.24) is 19.5 Å². The first kappa shape index (κ1) is 16.2. The summed E-state index contributed by atoms with van der Waals surface area (Å²) in [6, 6.07) is 5.11. The maximum Gasteiger partial charge on any atom is 0.350 e. The van der Waals surface area contributed by atoms with Gasteiger partial charge in [-0.25, -0.2) is 14.3 Å². The van der Waals surface area contributed by atoms with Gasteiger partial charge in [0.2, 0.25) is 5.91 Å². The van der Waals surface area contributed by atoms with Gasteiger partial charge in [0, 0.05) is 6.20 Å². The van der Waals surface area contributed by atoms with Crippen LogP contribution in [0.15, 0.2) is 29.2 Å². The Morgan fingerprint density at radius 1 is 1.21 bits per heavy atom. The quantitative estimate of drug-likeness (QED) is 0.805. The Kier molecular flexibility index (Phi) is 4.37. The van der Waals surface area contributed by atoms with Crippen LogP contribution in [0.2, 0.25) is 0 Å². The van der Waals surface area contributed by atoms with Gasteiger partial charge in [-0.3, -0.25) is 9.20 Å². The van der Waals surface area contributed by atoms with Gasteiger partial charge in [0.25, 0.3) is 0 Å². The summed E-state index contributed by atoms with van der Waals surface area (Å²) in [7, 11) is 0. The number of carboxylic acids is 1. The number of carboxylic acid groups (broad SMARTS) is 1. The predicted molar refractivity (Wildman–Crippen MR) is 85.7 cm³/mol. The molecule has 2 aromatic heterocycles. The number of carbonyl (C=O) groups excluding carboxylic acids is 1. The van der Waals surface area contributed by atoms with Gasteiger partial charge in [0.1, 0.15) is 12.1 Å². The van der Waals surface area contributed by atoms with E-state index in [2.05, 4.69) is 10.4 Å². The smallest absolute Gasteiger partial charge is 0.350 e. The topological polar surface area (TPSA) is 106 Å². The third-order valence-electron chi connectivity index (χ3n) is 4.53. The van der Waals surface area contributed by atoms with Crippen molar-refractivity contribution in [3.63, 3.8) is 0 Å². The molecule has 0 aromatic carbocycles. The molecule has 2 N–H and O–H groups in total. The van der Waals surface area contributed by atoms with Crippen molar-refractivity contribution in [2.75, 3.05) is 0 Å². The third-order valence-corrected chi connectivity index (χ3v) is 4.53. The van der Waals surface area contributed by atoms with Crippen molar-refractivity contribution in [1.29, 1.82) is 0 Å². The Bertz CT molecular complexity index is 815. The van der Waals surface area contributed by atoms with Crippen LogP contribution in [0.4, 0.5) is 0 Å². The Hall–Kier alpha value is -2.64. The lowest BCUT2D eigenvalue weighted by atomic mass is 9.90. The van der Waals surface area contributed by atoms with Crippen LogP contribution in [0.25, 0.3) is 5.65 Å². The highest BCUT2D eigenvalue weighted by Crippen LogP contribution is 2.27. The molecule has 1 aliphatic carbocycles. The summed E-state index contributed by atoms with van der Waals surface area (Å²) in [5.41, 5.74) is -1.22. The van der Waals surface area contributed by atoms with Gasteiger partial charge in [-0.2, -0.15) is 0 Å². The SMILES string of the molecule is O=C(Cn1nc2ccccn2c1=O)NC1(C(=O)O)CCCCCC1.